The average Bonchev–Trinajstić information content (AvgIpc) is 2.84. The summed E-state index contributed by atoms with van der Waals surface area (Å²) < 4.78 is 57.7. The van der Waals surface area contributed by atoms with E-state index in [0.717, 1.165) is 17.0 Å². The van der Waals surface area contributed by atoms with Crippen LogP contribution in [0.5, 0.6) is 11.6 Å². The lowest BCUT2D eigenvalue weighted by molar-refractivity contribution is -0.131. The quantitative estimate of drug-likeness (QED) is 0.648. The monoisotopic (exact) mass is 370 g/mol. The Bertz CT molecular complexity index is 801. The zero-order chi connectivity index (χ0) is 18.8. The summed E-state index contributed by atoms with van der Waals surface area (Å²) in [6.07, 6.45) is -4.88. The summed E-state index contributed by atoms with van der Waals surface area (Å²) >= 11 is 0. The van der Waals surface area contributed by atoms with Crippen molar-refractivity contribution >= 4 is 5.91 Å². The first-order valence-electron chi connectivity index (χ1n) is 7.67. The number of aromatic nitrogens is 1. The van der Waals surface area contributed by atoms with Gasteiger partial charge in [0.1, 0.15) is 6.10 Å². The van der Waals surface area contributed by atoms with Crippen LogP contribution in [-0.4, -0.2) is 33.3 Å². The van der Waals surface area contributed by atoms with Gasteiger partial charge in [0.05, 0.1) is 13.0 Å². The highest BCUT2D eigenvalue weighted by Gasteiger charge is 2.38. The van der Waals surface area contributed by atoms with Crippen LogP contribution < -0.4 is 4.74 Å². The van der Waals surface area contributed by atoms with Gasteiger partial charge in [0, 0.05) is 17.8 Å². The minimum Gasteiger partial charge on any atom is -0.436 e. The topological polar surface area (TPSA) is 62.7 Å². The lowest BCUT2D eigenvalue weighted by atomic mass is 10.2. The second-order valence-electron chi connectivity index (χ2n) is 5.76. The zero-order valence-electron chi connectivity index (χ0n) is 13.3. The number of carbonyl (C=O) groups is 1. The van der Waals surface area contributed by atoms with E-state index in [2.05, 4.69) is 4.98 Å². The highest BCUT2D eigenvalue weighted by atomic mass is 19.3. The first-order valence-corrected chi connectivity index (χ1v) is 7.67. The average molecular weight is 370 g/mol. The second kappa shape index (κ2) is 7.28. The number of likely N-dealkylation sites (tertiary alicyclic amines) is 1. The van der Waals surface area contributed by atoms with Crippen molar-refractivity contribution in [1.29, 1.82) is 0 Å². The van der Waals surface area contributed by atoms with Gasteiger partial charge in [0.2, 0.25) is 18.1 Å². The fourth-order valence-electron chi connectivity index (χ4n) is 2.52. The summed E-state index contributed by atoms with van der Waals surface area (Å²) in [6.45, 7) is -0.0816. The van der Waals surface area contributed by atoms with Crippen molar-refractivity contribution in [2.24, 2.45) is 0 Å². The van der Waals surface area contributed by atoms with Crippen molar-refractivity contribution in [2.45, 2.75) is 31.8 Å². The highest BCUT2D eigenvalue weighted by Crippen LogP contribution is 2.28. The Kier molecular flexibility index (Phi) is 5.08. The fourth-order valence-corrected chi connectivity index (χ4v) is 2.52. The SMILES string of the molecule is O=C1C[C@H](O)[C@H](F)N1Cc1ccc(Oc2ccc(C(F)F)cc2F)nc1. The van der Waals surface area contributed by atoms with Crippen molar-refractivity contribution < 1.29 is 32.2 Å². The van der Waals surface area contributed by atoms with Crippen LogP contribution in [0, 0.1) is 5.82 Å². The standard InChI is InChI=1S/C17H14F4N2O3/c18-11-5-10(16(19)20)2-3-13(11)26-14-4-1-9(7-22-14)8-23-15(25)6-12(24)17(23)21/h1-5,7,12,16-17,24H,6,8H2/t12-,17+/m0/s1. The third kappa shape index (κ3) is 3.77. The molecule has 3 rings (SSSR count). The summed E-state index contributed by atoms with van der Waals surface area (Å²) in [6, 6.07) is 5.67. The molecule has 2 atom stereocenters. The van der Waals surface area contributed by atoms with Gasteiger partial charge in [-0.15, -0.1) is 0 Å². The summed E-state index contributed by atoms with van der Waals surface area (Å²) in [4.78, 5) is 16.4. The molecular formula is C17H14F4N2O3. The summed E-state index contributed by atoms with van der Waals surface area (Å²) in [5.74, 6) is -1.73. The van der Waals surface area contributed by atoms with Crippen LogP contribution in [-0.2, 0) is 11.3 Å². The van der Waals surface area contributed by atoms with Crippen LogP contribution in [0.15, 0.2) is 36.5 Å². The van der Waals surface area contributed by atoms with E-state index in [1.807, 2.05) is 0 Å². The molecule has 0 unspecified atom stereocenters. The van der Waals surface area contributed by atoms with Crippen LogP contribution in [0.3, 0.4) is 0 Å². The fraction of sp³-hybridized carbons (Fsp3) is 0.294. The van der Waals surface area contributed by atoms with Crippen LogP contribution in [0.2, 0.25) is 0 Å². The molecule has 1 aromatic heterocycles. The Hall–Kier alpha value is -2.68. The lowest BCUT2D eigenvalue weighted by Crippen LogP contribution is -2.32. The minimum atomic E-state index is -2.79. The molecule has 0 aliphatic carbocycles. The van der Waals surface area contributed by atoms with Crippen molar-refractivity contribution in [1.82, 2.24) is 9.88 Å². The van der Waals surface area contributed by atoms with Gasteiger partial charge in [-0.2, -0.15) is 0 Å². The molecule has 0 bridgehead atoms. The zero-order valence-corrected chi connectivity index (χ0v) is 13.3. The third-order valence-corrected chi connectivity index (χ3v) is 3.89. The number of aliphatic hydroxyl groups excluding tert-OH is 1. The summed E-state index contributed by atoms with van der Waals surface area (Å²) in [7, 11) is 0. The molecule has 1 N–H and O–H groups in total. The van der Waals surface area contributed by atoms with Crippen LogP contribution in [0.4, 0.5) is 17.6 Å². The molecule has 1 aliphatic rings. The minimum absolute atomic E-state index is 0.00188. The van der Waals surface area contributed by atoms with E-state index >= 15 is 0 Å². The number of aliphatic hydroxyl groups is 1. The smallest absolute Gasteiger partial charge is 0.263 e. The number of amides is 1. The molecule has 1 aromatic carbocycles. The third-order valence-electron chi connectivity index (χ3n) is 3.89. The predicted molar refractivity (Wildman–Crippen MR) is 81.7 cm³/mol. The molecule has 2 aromatic rings. The molecule has 0 saturated carbocycles. The number of pyridine rings is 1. The Balaban J connectivity index is 1.68. The molecule has 138 valence electrons. The Labute approximate surface area is 145 Å². The summed E-state index contributed by atoms with van der Waals surface area (Å²) in [5.41, 5.74) is 0.0207. The number of halogens is 4. The van der Waals surface area contributed by atoms with Gasteiger partial charge in [0.15, 0.2) is 11.6 Å². The number of rotatable bonds is 5. The normalized spacial score (nSPS) is 20.1. The molecular weight excluding hydrogens is 356 g/mol. The van der Waals surface area contributed by atoms with Gasteiger partial charge in [-0.05, 0) is 23.8 Å². The van der Waals surface area contributed by atoms with E-state index < -0.39 is 36.1 Å². The lowest BCUT2D eigenvalue weighted by Gasteiger charge is -2.19. The van der Waals surface area contributed by atoms with E-state index in [4.69, 9.17) is 4.74 Å². The number of ether oxygens (including phenoxy) is 1. The van der Waals surface area contributed by atoms with E-state index in [0.29, 0.717) is 11.6 Å². The Morgan fingerprint density at radius 3 is 2.62 bits per heavy atom. The molecule has 1 amide bonds. The van der Waals surface area contributed by atoms with E-state index in [-0.39, 0.29) is 24.6 Å². The number of carbonyl (C=O) groups excluding carboxylic acids is 1. The molecule has 1 aliphatic heterocycles. The second-order valence-corrected chi connectivity index (χ2v) is 5.76. The van der Waals surface area contributed by atoms with Crippen molar-refractivity contribution in [2.75, 3.05) is 0 Å². The summed E-state index contributed by atoms with van der Waals surface area (Å²) in [5, 5.41) is 9.35. The van der Waals surface area contributed by atoms with Crippen molar-refractivity contribution in [3.8, 4) is 11.6 Å². The maximum Gasteiger partial charge on any atom is 0.263 e. The first-order chi connectivity index (χ1) is 12.3. The number of hydrogen-bond donors (Lipinski definition) is 1. The molecule has 5 nitrogen and oxygen atoms in total. The van der Waals surface area contributed by atoms with Crippen LogP contribution in [0.25, 0.3) is 0 Å². The van der Waals surface area contributed by atoms with E-state index in [1.54, 1.807) is 0 Å². The molecule has 26 heavy (non-hydrogen) atoms. The van der Waals surface area contributed by atoms with Gasteiger partial charge >= 0.3 is 0 Å². The highest BCUT2D eigenvalue weighted by molar-refractivity contribution is 5.79. The molecule has 2 heterocycles. The van der Waals surface area contributed by atoms with Gasteiger partial charge in [-0.25, -0.2) is 22.5 Å². The van der Waals surface area contributed by atoms with Crippen LogP contribution >= 0.6 is 0 Å². The van der Waals surface area contributed by atoms with Gasteiger partial charge < -0.3 is 14.7 Å². The number of alkyl halides is 3. The van der Waals surface area contributed by atoms with E-state index in [9.17, 15) is 27.5 Å². The maximum absolute atomic E-state index is 13.8. The molecule has 1 fully saturated rings. The van der Waals surface area contributed by atoms with E-state index in [1.165, 1.54) is 18.3 Å². The molecule has 0 spiro atoms. The van der Waals surface area contributed by atoms with Crippen LogP contribution in [0.1, 0.15) is 24.0 Å². The molecule has 1 saturated heterocycles. The Morgan fingerprint density at radius 1 is 1.31 bits per heavy atom. The van der Waals surface area contributed by atoms with Gasteiger partial charge in [0.25, 0.3) is 6.43 Å². The van der Waals surface area contributed by atoms with Gasteiger partial charge in [-0.3, -0.25) is 4.79 Å². The first kappa shape index (κ1) is 18.1. The number of benzene rings is 1. The number of nitrogens with zero attached hydrogens (tertiary/aromatic N) is 2. The van der Waals surface area contributed by atoms with Crippen molar-refractivity contribution in [3.63, 3.8) is 0 Å². The van der Waals surface area contributed by atoms with Crippen molar-refractivity contribution in [3.05, 3.63) is 53.5 Å². The maximum atomic E-state index is 13.8. The molecule has 9 heteroatoms. The van der Waals surface area contributed by atoms with Gasteiger partial charge in [-0.1, -0.05) is 6.07 Å². The Morgan fingerprint density at radius 2 is 2.08 bits per heavy atom. The predicted octanol–water partition coefficient (Wildman–Crippen LogP) is 3.34. The largest absolute Gasteiger partial charge is 0.436 e. The molecule has 0 radical (unpaired) electrons. The number of hydrogen-bond acceptors (Lipinski definition) is 4.